The average molecular weight is 449 g/mol. The van der Waals surface area contributed by atoms with Gasteiger partial charge < -0.3 is 29.6 Å². The van der Waals surface area contributed by atoms with E-state index in [0.717, 1.165) is 102 Å². The van der Waals surface area contributed by atoms with Crippen LogP contribution in [0.1, 0.15) is 24.8 Å². The van der Waals surface area contributed by atoms with Crippen LogP contribution in [0.5, 0.6) is 5.75 Å². The SMILES string of the molecule is CN=C(NCCCOCC1CCOCC1)NCc1cccc(OCCN2CCOCC2)c1. The molecule has 2 aliphatic rings. The summed E-state index contributed by atoms with van der Waals surface area (Å²) in [5, 5.41) is 6.73. The molecule has 32 heavy (non-hydrogen) atoms. The highest BCUT2D eigenvalue weighted by molar-refractivity contribution is 5.79. The molecular formula is C24H40N4O4. The van der Waals surface area contributed by atoms with Gasteiger partial charge in [-0.2, -0.15) is 0 Å². The maximum Gasteiger partial charge on any atom is 0.191 e. The van der Waals surface area contributed by atoms with E-state index in [1.807, 2.05) is 12.1 Å². The number of morpholine rings is 1. The maximum atomic E-state index is 5.95. The van der Waals surface area contributed by atoms with Crippen LogP contribution in [-0.2, 0) is 20.8 Å². The number of aliphatic imine (C=N–C) groups is 1. The second-order valence-corrected chi connectivity index (χ2v) is 8.29. The molecule has 2 aliphatic heterocycles. The van der Waals surface area contributed by atoms with E-state index in [-0.39, 0.29) is 0 Å². The van der Waals surface area contributed by atoms with E-state index in [9.17, 15) is 0 Å². The van der Waals surface area contributed by atoms with Gasteiger partial charge in [-0.1, -0.05) is 12.1 Å². The standard InChI is InChI=1S/C24H40N4O4/c1-25-24(26-8-3-12-31-20-21-6-13-29-14-7-21)27-19-22-4-2-5-23(18-22)32-17-11-28-9-15-30-16-10-28/h2,4-5,18,21H,3,6-17,19-20H2,1H3,(H2,25,26,27). The molecular weight excluding hydrogens is 408 g/mol. The molecule has 0 atom stereocenters. The third-order valence-corrected chi connectivity index (χ3v) is 5.81. The number of guanidine groups is 1. The fourth-order valence-electron chi connectivity index (χ4n) is 3.81. The van der Waals surface area contributed by atoms with Crippen LogP contribution in [-0.4, -0.2) is 90.3 Å². The molecule has 8 nitrogen and oxygen atoms in total. The van der Waals surface area contributed by atoms with E-state index < -0.39 is 0 Å². The summed E-state index contributed by atoms with van der Waals surface area (Å²) in [5.74, 6) is 2.36. The summed E-state index contributed by atoms with van der Waals surface area (Å²) in [6.07, 6.45) is 3.19. The average Bonchev–Trinajstić information content (AvgIpc) is 2.85. The van der Waals surface area contributed by atoms with Crippen molar-refractivity contribution < 1.29 is 18.9 Å². The lowest BCUT2D eigenvalue weighted by Gasteiger charge is -2.26. The van der Waals surface area contributed by atoms with Gasteiger partial charge in [-0.25, -0.2) is 0 Å². The maximum absolute atomic E-state index is 5.95. The molecule has 0 saturated carbocycles. The van der Waals surface area contributed by atoms with E-state index in [1.54, 1.807) is 7.05 Å². The van der Waals surface area contributed by atoms with Gasteiger partial charge in [0.2, 0.25) is 0 Å². The van der Waals surface area contributed by atoms with Gasteiger partial charge in [-0.3, -0.25) is 9.89 Å². The molecule has 8 heteroatoms. The van der Waals surface area contributed by atoms with Gasteiger partial charge in [0.15, 0.2) is 5.96 Å². The van der Waals surface area contributed by atoms with Crippen molar-refractivity contribution in [3.63, 3.8) is 0 Å². The summed E-state index contributed by atoms with van der Waals surface area (Å²) >= 11 is 0. The molecule has 3 rings (SSSR count). The number of rotatable bonds is 12. The Morgan fingerprint density at radius 3 is 2.72 bits per heavy atom. The zero-order valence-corrected chi connectivity index (χ0v) is 19.5. The van der Waals surface area contributed by atoms with E-state index in [2.05, 4.69) is 32.7 Å². The first kappa shape index (κ1) is 24.8. The first-order valence-electron chi connectivity index (χ1n) is 12.0. The highest BCUT2D eigenvalue weighted by Gasteiger charge is 2.13. The Labute approximate surface area is 192 Å². The van der Waals surface area contributed by atoms with Crippen molar-refractivity contribution in [3.8, 4) is 5.75 Å². The molecule has 0 amide bonds. The lowest BCUT2D eigenvalue weighted by atomic mass is 10.0. The van der Waals surface area contributed by atoms with E-state index >= 15 is 0 Å². The van der Waals surface area contributed by atoms with Crippen molar-refractivity contribution >= 4 is 5.96 Å². The minimum absolute atomic E-state index is 0.658. The van der Waals surface area contributed by atoms with Crippen molar-refractivity contribution in [3.05, 3.63) is 29.8 Å². The van der Waals surface area contributed by atoms with Gasteiger partial charge in [-0.15, -0.1) is 0 Å². The number of hydrogen-bond donors (Lipinski definition) is 2. The quantitative estimate of drug-likeness (QED) is 0.287. The molecule has 0 spiro atoms. The highest BCUT2D eigenvalue weighted by atomic mass is 16.5. The van der Waals surface area contributed by atoms with Crippen LogP contribution in [0.2, 0.25) is 0 Å². The Hall–Kier alpha value is -1.87. The number of nitrogens with one attached hydrogen (secondary N) is 2. The fraction of sp³-hybridized carbons (Fsp3) is 0.708. The van der Waals surface area contributed by atoms with E-state index in [4.69, 9.17) is 18.9 Å². The minimum Gasteiger partial charge on any atom is -0.492 e. The zero-order chi connectivity index (χ0) is 22.3. The molecule has 2 heterocycles. The largest absolute Gasteiger partial charge is 0.492 e. The molecule has 2 saturated heterocycles. The first-order chi connectivity index (χ1) is 15.8. The third-order valence-electron chi connectivity index (χ3n) is 5.81. The number of nitrogens with zero attached hydrogens (tertiary/aromatic N) is 2. The normalized spacial score (nSPS) is 18.5. The van der Waals surface area contributed by atoms with Crippen LogP contribution < -0.4 is 15.4 Å². The Balaban J connectivity index is 1.26. The fourth-order valence-corrected chi connectivity index (χ4v) is 3.81. The predicted molar refractivity (Wildman–Crippen MR) is 126 cm³/mol. The Morgan fingerprint density at radius 2 is 1.91 bits per heavy atom. The zero-order valence-electron chi connectivity index (χ0n) is 19.5. The molecule has 1 aromatic carbocycles. The van der Waals surface area contributed by atoms with Crippen molar-refractivity contribution in [1.29, 1.82) is 0 Å². The summed E-state index contributed by atoms with van der Waals surface area (Å²) in [5.41, 5.74) is 1.16. The smallest absolute Gasteiger partial charge is 0.191 e. The second kappa shape index (κ2) is 15.1. The highest BCUT2D eigenvalue weighted by Crippen LogP contribution is 2.15. The summed E-state index contributed by atoms with van der Waals surface area (Å²) in [7, 11) is 1.79. The van der Waals surface area contributed by atoms with Gasteiger partial charge in [0.25, 0.3) is 0 Å². The van der Waals surface area contributed by atoms with Gasteiger partial charge in [0, 0.05) is 66.2 Å². The number of ether oxygens (including phenoxy) is 4. The summed E-state index contributed by atoms with van der Waals surface area (Å²) in [4.78, 5) is 6.69. The van der Waals surface area contributed by atoms with Crippen LogP contribution in [0.3, 0.4) is 0 Å². The Bertz CT molecular complexity index is 661. The molecule has 0 bridgehead atoms. The molecule has 0 aliphatic carbocycles. The molecule has 180 valence electrons. The first-order valence-corrected chi connectivity index (χ1v) is 12.0. The summed E-state index contributed by atoms with van der Waals surface area (Å²) in [6.45, 7) is 10.1. The lowest BCUT2D eigenvalue weighted by Crippen LogP contribution is -2.38. The third kappa shape index (κ3) is 9.73. The van der Waals surface area contributed by atoms with Gasteiger partial charge in [0.05, 0.1) is 13.2 Å². The molecule has 0 aromatic heterocycles. The molecule has 1 aromatic rings. The molecule has 2 fully saturated rings. The van der Waals surface area contributed by atoms with E-state index in [1.165, 1.54) is 0 Å². The van der Waals surface area contributed by atoms with Crippen molar-refractivity contribution in [1.82, 2.24) is 15.5 Å². The van der Waals surface area contributed by atoms with Crippen molar-refractivity contribution in [2.24, 2.45) is 10.9 Å². The topological polar surface area (TPSA) is 76.6 Å². The lowest BCUT2D eigenvalue weighted by molar-refractivity contribution is 0.0203. The Kier molecular flexibility index (Phi) is 11.7. The van der Waals surface area contributed by atoms with Gasteiger partial charge in [-0.05, 0) is 42.9 Å². The predicted octanol–water partition coefficient (Wildman–Crippen LogP) is 1.90. The summed E-state index contributed by atoms with van der Waals surface area (Å²) in [6, 6.07) is 8.23. The summed E-state index contributed by atoms with van der Waals surface area (Å²) < 4.78 is 22.5. The van der Waals surface area contributed by atoms with Crippen LogP contribution in [0.4, 0.5) is 0 Å². The van der Waals surface area contributed by atoms with Crippen LogP contribution >= 0.6 is 0 Å². The van der Waals surface area contributed by atoms with Gasteiger partial charge >= 0.3 is 0 Å². The molecule has 0 radical (unpaired) electrons. The minimum atomic E-state index is 0.658. The van der Waals surface area contributed by atoms with E-state index in [0.29, 0.717) is 19.1 Å². The monoisotopic (exact) mass is 448 g/mol. The van der Waals surface area contributed by atoms with Gasteiger partial charge in [0.1, 0.15) is 12.4 Å². The Morgan fingerprint density at radius 1 is 1.09 bits per heavy atom. The second-order valence-electron chi connectivity index (χ2n) is 8.29. The number of benzene rings is 1. The molecule has 2 N–H and O–H groups in total. The number of hydrogen-bond acceptors (Lipinski definition) is 6. The van der Waals surface area contributed by atoms with Crippen LogP contribution in [0.25, 0.3) is 0 Å². The molecule has 0 unspecified atom stereocenters. The van der Waals surface area contributed by atoms with Crippen molar-refractivity contribution in [2.45, 2.75) is 25.8 Å². The van der Waals surface area contributed by atoms with Crippen LogP contribution in [0.15, 0.2) is 29.3 Å². The van der Waals surface area contributed by atoms with Crippen LogP contribution in [0, 0.1) is 5.92 Å². The van der Waals surface area contributed by atoms with Crippen molar-refractivity contribution in [2.75, 3.05) is 79.5 Å².